The number of anilines is 2. The van der Waals surface area contributed by atoms with Crippen molar-refractivity contribution in [1.29, 1.82) is 0 Å². The number of nitrogens with one attached hydrogen (secondary N) is 1. The highest BCUT2D eigenvalue weighted by atomic mass is 16.5. The van der Waals surface area contributed by atoms with Gasteiger partial charge in [0.1, 0.15) is 5.75 Å². The summed E-state index contributed by atoms with van der Waals surface area (Å²) >= 11 is 0. The molecule has 0 aromatic heterocycles. The minimum absolute atomic E-state index is 0.0783. The maximum absolute atomic E-state index is 12.3. The van der Waals surface area contributed by atoms with E-state index in [9.17, 15) is 4.79 Å². The van der Waals surface area contributed by atoms with Crippen molar-refractivity contribution in [3.63, 3.8) is 0 Å². The van der Waals surface area contributed by atoms with Crippen LogP contribution in [0.4, 0.5) is 11.4 Å². The van der Waals surface area contributed by atoms with Crippen molar-refractivity contribution in [1.82, 2.24) is 10.2 Å². The van der Waals surface area contributed by atoms with Crippen molar-refractivity contribution < 1.29 is 9.53 Å². The Balaban J connectivity index is 1.40. The van der Waals surface area contributed by atoms with Crippen molar-refractivity contribution in [2.45, 2.75) is 6.54 Å². The zero-order chi connectivity index (χ0) is 19.9. The van der Waals surface area contributed by atoms with Gasteiger partial charge in [0.05, 0.1) is 13.7 Å². The predicted octanol–water partition coefficient (Wildman–Crippen LogP) is 2.20. The third kappa shape index (κ3) is 5.39. The van der Waals surface area contributed by atoms with E-state index < -0.39 is 0 Å². The third-order valence-electron chi connectivity index (χ3n) is 5.12. The van der Waals surface area contributed by atoms with E-state index >= 15 is 0 Å². The van der Waals surface area contributed by atoms with Gasteiger partial charge in [0.2, 0.25) is 5.91 Å². The molecule has 3 rings (SSSR count). The number of carbonyl (C=O) groups is 1. The number of hydrogen-bond acceptors (Lipinski definition) is 5. The molecular weight excluding hydrogens is 352 g/mol. The molecule has 28 heavy (non-hydrogen) atoms. The van der Waals surface area contributed by atoms with Crippen LogP contribution in [0.5, 0.6) is 5.75 Å². The second-order valence-electron chi connectivity index (χ2n) is 7.30. The molecule has 150 valence electrons. The topological polar surface area (TPSA) is 48.1 Å². The maximum atomic E-state index is 12.3. The first kappa shape index (κ1) is 20.0. The van der Waals surface area contributed by atoms with Crippen LogP contribution in [0.2, 0.25) is 0 Å². The van der Waals surface area contributed by atoms with Gasteiger partial charge >= 0.3 is 0 Å². The molecule has 0 radical (unpaired) electrons. The summed E-state index contributed by atoms with van der Waals surface area (Å²) in [6.45, 7) is 4.63. The van der Waals surface area contributed by atoms with Gasteiger partial charge < -0.3 is 19.9 Å². The number of benzene rings is 2. The maximum Gasteiger partial charge on any atom is 0.234 e. The van der Waals surface area contributed by atoms with Crippen LogP contribution in [-0.4, -0.2) is 64.7 Å². The molecule has 1 aliphatic rings. The lowest BCUT2D eigenvalue weighted by atomic mass is 10.2. The Bertz CT molecular complexity index is 751. The fourth-order valence-electron chi connectivity index (χ4n) is 3.33. The molecule has 6 heteroatoms. The fraction of sp³-hybridized carbons (Fsp3) is 0.409. The molecular formula is C22H30N4O2. The first-order chi connectivity index (χ1) is 13.5. The monoisotopic (exact) mass is 382 g/mol. The number of rotatable bonds is 7. The van der Waals surface area contributed by atoms with E-state index in [1.807, 2.05) is 26.2 Å². The molecule has 1 heterocycles. The zero-order valence-corrected chi connectivity index (χ0v) is 17.0. The molecule has 0 spiro atoms. The van der Waals surface area contributed by atoms with Crippen molar-refractivity contribution >= 4 is 17.3 Å². The number of ether oxygens (including phenoxy) is 1. The van der Waals surface area contributed by atoms with Crippen molar-refractivity contribution in [2.75, 3.05) is 63.7 Å². The van der Waals surface area contributed by atoms with E-state index in [4.69, 9.17) is 4.74 Å². The van der Waals surface area contributed by atoms with Gasteiger partial charge in [-0.25, -0.2) is 0 Å². The van der Waals surface area contributed by atoms with Crippen LogP contribution >= 0.6 is 0 Å². The average Bonchev–Trinajstić information content (AvgIpc) is 2.73. The molecule has 0 aliphatic carbocycles. The minimum atomic E-state index is 0.0783. The number of methoxy groups -OCH3 is 1. The van der Waals surface area contributed by atoms with Crippen LogP contribution in [0.25, 0.3) is 0 Å². The summed E-state index contributed by atoms with van der Waals surface area (Å²) in [5.41, 5.74) is 3.47. The Morgan fingerprint density at radius 3 is 2.21 bits per heavy atom. The first-order valence-electron chi connectivity index (χ1n) is 9.69. The van der Waals surface area contributed by atoms with Crippen LogP contribution in [0.3, 0.4) is 0 Å². The molecule has 1 N–H and O–H groups in total. The largest absolute Gasteiger partial charge is 0.497 e. The fourth-order valence-corrected chi connectivity index (χ4v) is 3.33. The number of carbonyl (C=O) groups excluding carboxylic acids is 1. The Kier molecular flexibility index (Phi) is 6.76. The Hall–Kier alpha value is -2.73. The second-order valence-corrected chi connectivity index (χ2v) is 7.30. The summed E-state index contributed by atoms with van der Waals surface area (Å²) in [6.07, 6.45) is 0. The first-order valence-corrected chi connectivity index (χ1v) is 9.69. The molecule has 6 nitrogen and oxygen atoms in total. The molecule has 0 saturated carbocycles. The van der Waals surface area contributed by atoms with Gasteiger partial charge in [-0.3, -0.25) is 9.69 Å². The average molecular weight is 383 g/mol. The van der Waals surface area contributed by atoms with Crippen LogP contribution in [0.15, 0.2) is 48.5 Å². The predicted molar refractivity (Wildman–Crippen MR) is 114 cm³/mol. The zero-order valence-electron chi connectivity index (χ0n) is 17.0. The highest BCUT2D eigenvalue weighted by Crippen LogP contribution is 2.20. The van der Waals surface area contributed by atoms with Gasteiger partial charge in [-0.2, -0.15) is 0 Å². The Morgan fingerprint density at radius 1 is 1.00 bits per heavy atom. The lowest BCUT2D eigenvalue weighted by Crippen LogP contribution is -2.49. The minimum Gasteiger partial charge on any atom is -0.497 e. The molecule has 0 unspecified atom stereocenters. The number of amides is 1. The van der Waals surface area contributed by atoms with Gasteiger partial charge in [0.15, 0.2) is 0 Å². The van der Waals surface area contributed by atoms with Gasteiger partial charge in [0.25, 0.3) is 0 Å². The Morgan fingerprint density at radius 2 is 1.64 bits per heavy atom. The van der Waals surface area contributed by atoms with E-state index in [1.54, 1.807) is 7.11 Å². The Labute approximate surface area is 167 Å². The molecule has 0 bridgehead atoms. The molecule has 2 aromatic carbocycles. The smallest absolute Gasteiger partial charge is 0.234 e. The van der Waals surface area contributed by atoms with E-state index in [-0.39, 0.29) is 5.91 Å². The van der Waals surface area contributed by atoms with Gasteiger partial charge in [0, 0.05) is 58.2 Å². The second kappa shape index (κ2) is 9.46. The van der Waals surface area contributed by atoms with Crippen LogP contribution in [0.1, 0.15) is 5.56 Å². The third-order valence-corrected chi connectivity index (χ3v) is 5.12. The van der Waals surface area contributed by atoms with E-state index in [0.29, 0.717) is 13.1 Å². The van der Waals surface area contributed by atoms with E-state index in [0.717, 1.165) is 43.2 Å². The number of hydrogen-bond donors (Lipinski definition) is 1. The van der Waals surface area contributed by atoms with Crippen molar-refractivity contribution in [3.8, 4) is 5.75 Å². The highest BCUT2D eigenvalue weighted by molar-refractivity contribution is 5.78. The summed E-state index contributed by atoms with van der Waals surface area (Å²) in [4.78, 5) is 18.9. The molecule has 1 aliphatic heterocycles. The lowest BCUT2D eigenvalue weighted by molar-refractivity contribution is -0.122. The molecule has 1 saturated heterocycles. The number of nitrogens with zero attached hydrogens (tertiary/aromatic N) is 3. The van der Waals surface area contributed by atoms with E-state index in [1.165, 1.54) is 5.69 Å². The highest BCUT2D eigenvalue weighted by Gasteiger charge is 2.19. The number of piperazine rings is 1. The summed E-state index contributed by atoms with van der Waals surface area (Å²) in [5, 5.41) is 3.03. The summed E-state index contributed by atoms with van der Waals surface area (Å²) in [6, 6.07) is 16.4. The molecule has 1 fully saturated rings. The van der Waals surface area contributed by atoms with Gasteiger partial charge in [-0.1, -0.05) is 12.1 Å². The summed E-state index contributed by atoms with van der Waals surface area (Å²) in [5.74, 6) is 0.949. The van der Waals surface area contributed by atoms with Gasteiger partial charge in [-0.15, -0.1) is 0 Å². The van der Waals surface area contributed by atoms with Crippen molar-refractivity contribution in [2.24, 2.45) is 0 Å². The molecule has 2 aromatic rings. The van der Waals surface area contributed by atoms with Crippen LogP contribution < -0.4 is 19.9 Å². The SMILES string of the molecule is COc1ccc(N2CCN(CC(=O)NCc3ccc(N(C)C)cc3)CC2)cc1. The normalized spacial score (nSPS) is 14.6. The summed E-state index contributed by atoms with van der Waals surface area (Å²) in [7, 11) is 5.72. The standard InChI is InChI=1S/C22H30N4O2/c1-24(2)19-6-4-18(5-7-19)16-23-22(27)17-25-12-14-26(15-13-25)20-8-10-21(28-3)11-9-20/h4-11H,12-17H2,1-3H3,(H,23,27). The van der Waals surface area contributed by atoms with Crippen LogP contribution in [-0.2, 0) is 11.3 Å². The van der Waals surface area contributed by atoms with Crippen molar-refractivity contribution in [3.05, 3.63) is 54.1 Å². The quantitative estimate of drug-likeness (QED) is 0.796. The summed E-state index contributed by atoms with van der Waals surface area (Å²) < 4.78 is 5.22. The van der Waals surface area contributed by atoms with Gasteiger partial charge in [-0.05, 0) is 42.0 Å². The van der Waals surface area contributed by atoms with E-state index in [2.05, 4.69) is 56.4 Å². The molecule has 0 atom stereocenters. The van der Waals surface area contributed by atoms with Crippen LogP contribution in [0, 0.1) is 0 Å². The molecule has 1 amide bonds. The lowest BCUT2D eigenvalue weighted by Gasteiger charge is -2.35.